The smallest absolute Gasteiger partial charge is 0.408 e. The molecule has 0 unspecified atom stereocenters. The third-order valence-corrected chi connectivity index (χ3v) is 3.46. The van der Waals surface area contributed by atoms with Crippen molar-refractivity contribution < 1.29 is 4.42 Å². The zero-order valence-electron chi connectivity index (χ0n) is 11.3. The molecule has 0 spiro atoms. The molecule has 1 heterocycles. The molecule has 2 aromatic carbocycles. The summed E-state index contributed by atoms with van der Waals surface area (Å²) in [5.41, 5.74) is 9.94. The molecule has 4 nitrogen and oxygen atoms in total. The number of benzene rings is 2. The first-order valence-electron chi connectivity index (χ1n) is 6.64. The normalized spacial score (nSPS) is 11.1. The fourth-order valence-corrected chi connectivity index (χ4v) is 2.30. The van der Waals surface area contributed by atoms with E-state index in [0.717, 1.165) is 17.5 Å². The maximum absolute atomic E-state index is 11.9. The third-order valence-electron chi connectivity index (χ3n) is 3.46. The van der Waals surface area contributed by atoms with E-state index >= 15 is 0 Å². The van der Waals surface area contributed by atoms with Crippen LogP contribution in [0.1, 0.15) is 18.1 Å². The summed E-state index contributed by atoms with van der Waals surface area (Å²) in [7, 11) is 0. The Morgan fingerprint density at radius 1 is 1.10 bits per heavy atom. The van der Waals surface area contributed by atoms with Crippen molar-refractivity contribution in [3.63, 3.8) is 0 Å². The minimum Gasteiger partial charge on any atom is -0.408 e. The van der Waals surface area contributed by atoms with Crippen molar-refractivity contribution in [2.24, 2.45) is 0 Å². The molecule has 0 aliphatic heterocycles. The van der Waals surface area contributed by atoms with Gasteiger partial charge in [0.15, 0.2) is 5.58 Å². The molecular formula is C16H16N2O2. The fourth-order valence-electron chi connectivity index (χ4n) is 2.30. The number of oxazole rings is 1. The SMILES string of the molecule is CCc1ccc(Cn2c(=O)oc3cc(N)ccc32)cc1. The highest BCUT2D eigenvalue weighted by molar-refractivity contribution is 5.76. The van der Waals surface area contributed by atoms with Gasteiger partial charge < -0.3 is 10.2 Å². The van der Waals surface area contributed by atoms with Gasteiger partial charge in [-0.05, 0) is 29.7 Å². The molecule has 0 aliphatic carbocycles. The standard InChI is InChI=1S/C16H16N2O2/c1-2-11-3-5-12(6-4-11)10-18-14-8-7-13(17)9-15(14)20-16(18)19/h3-9H,2,10,17H2,1H3. The molecule has 0 radical (unpaired) electrons. The first kappa shape index (κ1) is 12.5. The maximum Gasteiger partial charge on any atom is 0.420 e. The van der Waals surface area contributed by atoms with Crippen LogP contribution >= 0.6 is 0 Å². The summed E-state index contributed by atoms with van der Waals surface area (Å²) in [6.45, 7) is 2.62. The minimum absolute atomic E-state index is 0.356. The fraction of sp³-hybridized carbons (Fsp3) is 0.188. The van der Waals surface area contributed by atoms with Crippen LogP contribution in [-0.2, 0) is 13.0 Å². The number of nitrogens with zero attached hydrogens (tertiary/aromatic N) is 1. The summed E-state index contributed by atoms with van der Waals surface area (Å²) in [5, 5.41) is 0. The van der Waals surface area contributed by atoms with Crippen molar-refractivity contribution in [3.8, 4) is 0 Å². The van der Waals surface area contributed by atoms with Gasteiger partial charge in [-0.15, -0.1) is 0 Å². The molecular weight excluding hydrogens is 252 g/mol. The Labute approximate surface area is 116 Å². The van der Waals surface area contributed by atoms with E-state index in [1.54, 1.807) is 16.7 Å². The quantitative estimate of drug-likeness (QED) is 0.743. The van der Waals surface area contributed by atoms with Gasteiger partial charge in [-0.2, -0.15) is 0 Å². The predicted octanol–water partition coefficient (Wildman–Crippen LogP) is 2.79. The Morgan fingerprint density at radius 2 is 1.80 bits per heavy atom. The summed E-state index contributed by atoms with van der Waals surface area (Å²) >= 11 is 0. The highest BCUT2D eigenvalue weighted by Crippen LogP contribution is 2.17. The third kappa shape index (κ3) is 2.20. The lowest BCUT2D eigenvalue weighted by atomic mass is 10.1. The number of rotatable bonds is 3. The molecule has 102 valence electrons. The van der Waals surface area contributed by atoms with Gasteiger partial charge in [0, 0.05) is 11.8 Å². The lowest BCUT2D eigenvalue weighted by Gasteiger charge is -2.04. The monoisotopic (exact) mass is 268 g/mol. The summed E-state index contributed by atoms with van der Waals surface area (Å²) < 4.78 is 6.85. The molecule has 0 amide bonds. The second-order valence-electron chi connectivity index (χ2n) is 4.85. The van der Waals surface area contributed by atoms with Crippen molar-refractivity contribution in [1.82, 2.24) is 4.57 Å². The number of hydrogen-bond acceptors (Lipinski definition) is 3. The van der Waals surface area contributed by atoms with E-state index in [0.29, 0.717) is 17.8 Å². The number of fused-ring (bicyclic) bond motifs is 1. The minimum atomic E-state index is -0.356. The van der Waals surface area contributed by atoms with Gasteiger partial charge >= 0.3 is 5.76 Å². The van der Waals surface area contributed by atoms with Crippen LogP contribution in [0.5, 0.6) is 0 Å². The molecule has 3 aromatic rings. The van der Waals surface area contributed by atoms with Gasteiger partial charge in [0.1, 0.15) is 0 Å². The van der Waals surface area contributed by atoms with Crippen molar-refractivity contribution in [1.29, 1.82) is 0 Å². The van der Waals surface area contributed by atoms with Crippen molar-refractivity contribution in [3.05, 3.63) is 64.1 Å². The van der Waals surface area contributed by atoms with Crippen molar-refractivity contribution in [2.45, 2.75) is 19.9 Å². The van der Waals surface area contributed by atoms with E-state index in [2.05, 4.69) is 19.1 Å². The second kappa shape index (κ2) is 4.89. The van der Waals surface area contributed by atoms with Crippen LogP contribution < -0.4 is 11.5 Å². The van der Waals surface area contributed by atoms with Crippen LogP contribution in [-0.4, -0.2) is 4.57 Å². The van der Waals surface area contributed by atoms with Gasteiger partial charge in [-0.1, -0.05) is 31.2 Å². The molecule has 2 N–H and O–H groups in total. The summed E-state index contributed by atoms with van der Waals surface area (Å²) in [5.74, 6) is -0.356. The molecule has 3 rings (SSSR count). The van der Waals surface area contributed by atoms with Crippen LogP contribution in [0.15, 0.2) is 51.7 Å². The lowest BCUT2D eigenvalue weighted by Crippen LogP contribution is -2.14. The Balaban J connectivity index is 2.01. The van der Waals surface area contributed by atoms with Crippen LogP contribution in [0.25, 0.3) is 11.1 Å². The van der Waals surface area contributed by atoms with Crippen LogP contribution in [0.4, 0.5) is 5.69 Å². The number of hydrogen-bond donors (Lipinski definition) is 1. The first-order chi connectivity index (χ1) is 9.67. The van der Waals surface area contributed by atoms with Gasteiger partial charge in [-0.25, -0.2) is 4.79 Å². The lowest BCUT2D eigenvalue weighted by molar-refractivity contribution is 0.518. The van der Waals surface area contributed by atoms with E-state index in [4.69, 9.17) is 10.2 Å². The Kier molecular flexibility index (Phi) is 3.06. The molecule has 0 saturated heterocycles. The van der Waals surface area contributed by atoms with E-state index in [-0.39, 0.29) is 5.76 Å². The van der Waals surface area contributed by atoms with E-state index < -0.39 is 0 Å². The molecule has 0 atom stereocenters. The van der Waals surface area contributed by atoms with Gasteiger partial charge in [-0.3, -0.25) is 4.57 Å². The number of anilines is 1. The van der Waals surface area contributed by atoms with Gasteiger partial charge in [0.2, 0.25) is 0 Å². The maximum atomic E-state index is 11.9. The Bertz CT molecular complexity index is 797. The average Bonchev–Trinajstić information content (AvgIpc) is 2.75. The summed E-state index contributed by atoms with van der Waals surface area (Å²) in [6, 6.07) is 13.5. The Morgan fingerprint density at radius 3 is 2.50 bits per heavy atom. The van der Waals surface area contributed by atoms with E-state index in [1.807, 2.05) is 18.2 Å². The number of nitrogens with two attached hydrogens (primary N) is 1. The second-order valence-corrected chi connectivity index (χ2v) is 4.85. The van der Waals surface area contributed by atoms with E-state index in [9.17, 15) is 4.79 Å². The molecule has 0 aliphatic rings. The highest BCUT2D eigenvalue weighted by Gasteiger charge is 2.09. The van der Waals surface area contributed by atoms with Crippen LogP contribution in [0.2, 0.25) is 0 Å². The zero-order valence-corrected chi connectivity index (χ0v) is 11.3. The van der Waals surface area contributed by atoms with Gasteiger partial charge in [0.05, 0.1) is 12.1 Å². The Hall–Kier alpha value is -2.49. The summed E-state index contributed by atoms with van der Waals surface area (Å²) in [4.78, 5) is 11.9. The molecule has 0 fully saturated rings. The van der Waals surface area contributed by atoms with Gasteiger partial charge in [0.25, 0.3) is 0 Å². The summed E-state index contributed by atoms with van der Waals surface area (Å²) in [6.07, 6.45) is 1.01. The number of nitrogen functional groups attached to an aromatic ring is 1. The molecule has 20 heavy (non-hydrogen) atoms. The van der Waals surface area contributed by atoms with E-state index in [1.165, 1.54) is 5.56 Å². The van der Waals surface area contributed by atoms with Crippen molar-refractivity contribution in [2.75, 3.05) is 5.73 Å². The highest BCUT2D eigenvalue weighted by atomic mass is 16.4. The zero-order chi connectivity index (χ0) is 14.1. The van der Waals surface area contributed by atoms with Crippen LogP contribution in [0, 0.1) is 0 Å². The molecule has 0 bridgehead atoms. The molecule has 4 heteroatoms. The molecule has 1 aromatic heterocycles. The topological polar surface area (TPSA) is 61.2 Å². The largest absolute Gasteiger partial charge is 0.420 e. The number of aryl methyl sites for hydroxylation is 1. The average molecular weight is 268 g/mol. The molecule has 0 saturated carbocycles. The predicted molar refractivity (Wildman–Crippen MR) is 79.8 cm³/mol. The number of aromatic nitrogens is 1. The first-order valence-corrected chi connectivity index (χ1v) is 6.64. The van der Waals surface area contributed by atoms with Crippen molar-refractivity contribution >= 4 is 16.8 Å². The van der Waals surface area contributed by atoms with Crippen LogP contribution in [0.3, 0.4) is 0 Å².